The quantitative estimate of drug-likeness (QED) is 0.859. The Morgan fingerprint density at radius 3 is 2.77 bits per heavy atom. The van der Waals surface area contributed by atoms with Gasteiger partial charge in [-0.25, -0.2) is 4.98 Å². The Bertz CT molecular complexity index is 655. The van der Waals surface area contributed by atoms with Crippen LogP contribution in [0, 0.1) is 5.92 Å². The van der Waals surface area contributed by atoms with Gasteiger partial charge in [0.2, 0.25) is 5.88 Å². The molecule has 0 bridgehead atoms. The summed E-state index contributed by atoms with van der Waals surface area (Å²) in [5, 5.41) is 14.0. The Kier molecular flexibility index (Phi) is 5.33. The number of nitrogens with zero attached hydrogens (tertiary/aromatic N) is 1. The lowest BCUT2D eigenvalue weighted by Crippen LogP contribution is -2.30. The molecule has 0 aliphatic carbocycles. The lowest BCUT2D eigenvalue weighted by Gasteiger charge is -2.14. The van der Waals surface area contributed by atoms with Crippen LogP contribution in [0.3, 0.4) is 0 Å². The van der Waals surface area contributed by atoms with Crippen molar-refractivity contribution in [2.24, 2.45) is 5.92 Å². The second kappa shape index (κ2) is 7.22. The van der Waals surface area contributed by atoms with E-state index in [4.69, 9.17) is 4.74 Å². The maximum absolute atomic E-state index is 12.3. The average molecular weight is 302 g/mol. The first kappa shape index (κ1) is 16.2. The highest BCUT2D eigenvalue weighted by Gasteiger charge is 2.14. The van der Waals surface area contributed by atoms with Crippen molar-refractivity contribution >= 4 is 16.7 Å². The number of aromatic nitrogens is 1. The Labute approximate surface area is 130 Å². The normalized spacial score (nSPS) is 13.6. The van der Waals surface area contributed by atoms with E-state index >= 15 is 0 Å². The van der Waals surface area contributed by atoms with Gasteiger partial charge in [0.25, 0.3) is 5.91 Å². The number of hydrogen-bond acceptors (Lipinski definition) is 4. The topological polar surface area (TPSA) is 71.5 Å². The van der Waals surface area contributed by atoms with Crippen molar-refractivity contribution in [3.8, 4) is 5.88 Å². The number of nitrogens with one attached hydrogen (secondary N) is 1. The molecule has 1 aromatic carbocycles. The van der Waals surface area contributed by atoms with Crippen molar-refractivity contribution in [3.63, 3.8) is 0 Å². The molecular formula is C17H22N2O3. The van der Waals surface area contributed by atoms with E-state index in [1.54, 1.807) is 20.1 Å². The van der Waals surface area contributed by atoms with Gasteiger partial charge < -0.3 is 15.2 Å². The highest BCUT2D eigenvalue weighted by atomic mass is 16.5. The van der Waals surface area contributed by atoms with Crippen LogP contribution < -0.4 is 10.1 Å². The monoisotopic (exact) mass is 302 g/mol. The number of fused-ring (bicyclic) bond motifs is 1. The SMILES string of the molecule is COc1nc(C(=O)NCC(C)CC(C)O)cc2ccccc12. The van der Waals surface area contributed by atoms with Crippen molar-refractivity contribution in [3.05, 3.63) is 36.0 Å². The van der Waals surface area contributed by atoms with Crippen LogP contribution in [0.2, 0.25) is 0 Å². The number of aliphatic hydroxyl groups excluding tert-OH is 1. The fourth-order valence-corrected chi connectivity index (χ4v) is 2.46. The molecule has 1 amide bonds. The molecule has 2 unspecified atom stereocenters. The highest BCUT2D eigenvalue weighted by molar-refractivity contribution is 5.98. The van der Waals surface area contributed by atoms with Crippen LogP contribution in [0.4, 0.5) is 0 Å². The molecule has 5 heteroatoms. The number of rotatable bonds is 6. The van der Waals surface area contributed by atoms with Crippen molar-refractivity contribution in [1.29, 1.82) is 0 Å². The summed E-state index contributed by atoms with van der Waals surface area (Å²) in [5.74, 6) is 0.410. The van der Waals surface area contributed by atoms with E-state index in [-0.39, 0.29) is 17.9 Å². The van der Waals surface area contributed by atoms with Crippen LogP contribution >= 0.6 is 0 Å². The Balaban J connectivity index is 2.14. The summed E-state index contributed by atoms with van der Waals surface area (Å²) in [6.07, 6.45) is 0.278. The summed E-state index contributed by atoms with van der Waals surface area (Å²) in [5.41, 5.74) is 0.333. The molecule has 2 aromatic rings. The Morgan fingerprint density at radius 2 is 2.09 bits per heavy atom. The van der Waals surface area contributed by atoms with Gasteiger partial charge in [0, 0.05) is 11.9 Å². The maximum atomic E-state index is 12.3. The van der Waals surface area contributed by atoms with Crippen molar-refractivity contribution in [2.75, 3.05) is 13.7 Å². The van der Waals surface area contributed by atoms with Gasteiger partial charge in [-0.15, -0.1) is 0 Å². The molecule has 2 atom stereocenters. The van der Waals surface area contributed by atoms with Crippen LogP contribution in [0.25, 0.3) is 10.8 Å². The lowest BCUT2D eigenvalue weighted by atomic mass is 10.0. The molecule has 0 aliphatic rings. The fourth-order valence-electron chi connectivity index (χ4n) is 2.46. The molecule has 2 rings (SSSR count). The summed E-state index contributed by atoms with van der Waals surface area (Å²) >= 11 is 0. The van der Waals surface area contributed by atoms with Gasteiger partial charge in [-0.3, -0.25) is 4.79 Å². The maximum Gasteiger partial charge on any atom is 0.270 e. The zero-order chi connectivity index (χ0) is 16.1. The summed E-state index contributed by atoms with van der Waals surface area (Å²) in [6, 6.07) is 9.41. The van der Waals surface area contributed by atoms with Gasteiger partial charge in [0.1, 0.15) is 5.69 Å². The molecule has 0 saturated carbocycles. The summed E-state index contributed by atoms with van der Waals surface area (Å²) in [7, 11) is 1.54. The number of amides is 1. The van der Waals surface area contributed by atoms with E-state index in [1.165, 1.54) is 0 Å². The lowest BCUT2D eigenvalue weighted by molar-refractivity contribution is 0.0934. The number of pyridine rings is 1. The smallest absolute Gasteiger partial charge is 0.270 e. The van der Waals surface area contributed by atoms with Crippen molar-refractivity contribution in [1.82, 2.24) is 10.3 Å². The van der Waals surface area contributed by atoms with E-state index in [0.717, 1.165) is 10.8 Å². The molecule has 118 valence electrons. The summed E-state index contributed by atoms with van der Waals surface area (Å²) in [6.45, 7) is 4.23. The number of benzene rings is 1. The molecular weight excluding hydrogens is 280 g/mol. The third-order valence-corrected chi connectivity index (χ3v) is 3.49. The van der Waals surface area contributed by atoms with E-state index in [9.17, 15) is 9.90 Å². The zero-order valence-corrected chi connectivity index (χ0v) is 13.2. The number of aliphatic hydroxyl groups is 1. The largest absolute Gasteiger partial charge is 0.481 e. The standard InChI is InChI=1S/C17H22N2O3/c1-11(8-12(2)20)10-18-16(21)15-9-13-6-4-5-7-14(13)17(19-15)22-3/h4-7,9,11-12,20H,8,10H2,1-3H3,(H,18,21). The number of ether oxygens (including phenoxy) is 1. The van der Waals surface area contributed by atoms with Crippen LogP contribution in [0.5, 0.6) is 5.88 Å². The van der Waals surface area contributed by atoms with Crippen LogP contribution in [-0.2, 0) is 0 Å². The van der Waals surface area contributed by atoms with Gasteiger partial charge in [0.15, 0.2) is 0 Å². The minimum Gasteiger partial charge on any atom is -0.481 e. The Hall–Kier alpha value is -2.14. The first-order chi connectivity index (χ1) is 10.5. The predicted molar refractivity (Wildman–Crippen MR) is 86.1 cm³/mol. The fraction of sp³-hybridized carbons (Fsp3) is 0.412. The number of hydrogen-bond donors (Lipinski definition) is 2. The molecule has 5 nitrogen and oxygen atoms in total. The summed E-state index contributed by atoms with van der Waals surface area (Å²) < 4.78 is 5.27. The van der Waals surface area contributed by atoms with Crippen molar-refractivity contribution in [2.45, 2.75) is 26.4 Å². The van der Waals surface area contributed by atoms with Crippen LogP contribution in [0.1, 0.15) is 30.8 Å². The first-order valence-electron chi connectivity index (χ1n) is 7.41. The molecule has 0 radical (unpaired) electrons. The van der Waals surface area contributed by atoms with Crippen LogP contribution in [-0.4, -0.2) is 35.8 Å². The van der Waals surface area contributed by atoms with E-state index < -0.39 is 0 Å². The number of methoxy groups -OCH3 is 1. The first-order valence-corrected chi connectivity index (χ1v) is 7.41. The van der Waals surface area contributed by atoms with E-state index in [1.807, 2.05) is 31.2 Å². The summed E-state index contributed by atoms with van der Waals surface area (Å²) in [4.78, 5) is 16.5. The van der Waals surface area contributed by atoms with Crippen LogP contribution in [0.15, 0.2) is 30.3 Å². The Morgan fingerprint density at radius 1 is 1.36 bits per heavy atom. The predicted octanol–water partition coefficient (Wildman–Crippen LogP) is 2.38. The second-order valence-electron chi connectivity index (χ2n) is 5.64. The third kappa shape index (κ3) is 3.95. The van der Waals surface area contributed by atoms with Gasteiger partial charge in [-0.1, -0.05) is 25.1 Å². The number of carbonyl (C=O) groups is 1. The molecule has 0 spiro atoms. The molecule has 0 aliphatic heterocycles. The molecule has 22 heavy (non-hydrogen) atoms. The third-order valence-electron chi connectivity index (χ3n) is 3.49. The molecule has 1 heterocycles. The minimum absolute atomic E-state index is 0.200. The molecule has 0 saturated heterocycles. The van der Waals surface area contributed by atoms with Gasteiger partial charge >= 0.3 is 0 Å². The van der Waals surface area contributed by atoms with E-state index in [0.29, 0.717) is 24.5 Å². The minimum atomic E-state index is -0.370. The van der Waals surface area contributed by atoms with Gasteiger partial charge in [-0.05, 0) is 36.8 Å². The second-order valence-corrected chi connectivity index (χ2v) is 5.64. The van der Waals surface area contributed by atoms with E-state index in [2.05, 4.69) is 10.3 Å². The molecule has 1 aromatic heterocycles. The average Bonchev–Trinajstić information content (AvgIpc) is 2.50. The number of carbonyl (C=O) groups excluding carboxylic acids is 1. The van der Waals surface area contributed by atoms with Gasteiger partial charge in [0.05, 0.1) is 13.2 Å². The van der Waals surface area contributed by atoms with Gasteiger partial charge in [-0.2, -0.15) is 0 Å². The van der Waals surface area contributed by atoms with Crippen molar-refractivity contribution < 1.29 is 14.6 Å². The molecule has 2 N–H and O–H groups in total. The zero-order valence-electron chi connectivity index (χ0n) is 13.2. The molecule has 0 fully saturated rings. The highest BCUT2D eigenvalue weighted by Crippen LogP contribution is 2.24.